The normalized spacial score (nSPS) is 6.00. The Morgan fingerprint density at radius 3 is 2.00 bits per heavy atom. The Labute approximate surface area is 83.0 Å². The summed E-state index contributed by atoms with van der Waals surface area (Å²) in [6.07, 6.45) is 0.875. The van der Waals surface area contributed by atoms with Crippen molar-refractivity contribution in [1.82, 2.24) is 0 Å². The molecule has 0 aliphatic heterocycles. The number of aliphatic hydroxyl groups excluding tert-OH is 1. The van der Waals surface area contributed by atoms with E-state index in [0.717, 1.165) is 6.42 Å². The van der Waals surface area contributed by atoms with Crippen molar-refractivity contribution < 1.29 is 64.7 Å². The summed E-state index contributed by atoms with van der Waals surface area (Å²) in [6.45, 7) is 2.25. The van der Waals surface area contributed by atoms with Gasteiger partial charge in [0.1, 0.15) is 0 Å². The quantitative estimate of drug-likeness (QED) is 0.434. The van der Waals surface area contributed by atoms with E-state index in [1.165, 1.54) is 0 Å². The molecule has 0 spiro atoms. The maximum atomic E-state index is 7.88. The molecule has 0 aromatic rings. The van der Waals surface area contributed by atoms with Crippen LogP contribution in [0.1, 0.15) is 14.8 Å². The first-order valence-corrected chi connectivity index (χ1v) is 1.52. The van der Waals surface area contributed by atoms with Gasteiger partial charge in [-0.2, -0.15) is 0 Å². The molecular formula is C3H9ORb. The summed E-state index contributed by atoms with van der Waals surface area (Å²) in [4.78, 5) is 0. The van der Waals surface area contributed by atoms with Crippen LogP contribution < -0.4 is 58.2 Å². The Hall–Kier alpha value is 1.77. The molecule has 1 N–H and O–H groups in total. The van der Waals surface area contributed by atoms with E-state index in [1.807, 2.05) is 6.92 Å². The van der Waals surface area contributed by atoms with Gasteiger partial charge in [-0.05, 0) is 6.42 Å². The molecule has 28 valence electrons. The third kappa shape index (κ3) is 10.7. The topological polar surface area (TPSA) is 20.2 Å². The average Bonchev–Trinajstić information content (AvgIpc) is 1.37. The van der Waals surface area contributed by atoms with E-state index in [-0.39, 0.29) is 59.6 Å². The Kier molecular flexibility index (Phi) is 18.3. The second-order valence-corrected chi connectivity index (χ2v) is 0.724. The Morgan fingerprint density at radius 2 is 2.00 bits per heavy atom. The van der Waals surface area contributed by atoms with Gasteiger partial charge in [-0.15, -0.1) is 0 Å². The molecule has 0 amide bonds. The zero-order valence-electron chi connectivity index (χ0n) is 4.86. The molecule has 0 bridgehead atoms. The Morgan fingerprint density at radius 1 is 1.80 bits per heavy atom. The van der Waals surface area contributed by atoms with Gasteiger partial charge in [0.2, 0.25) is 0 Å². The number of aliphatic hydroxyl groups is 1. The van der Waals surface area contributed by atoms with Gasteiger partial charge < -0.3 is 6.53 Å². The Bertz CT molecular complexity index is 12.8. The van der Waals surface area contributed by atoms with Crippen molar-refractivity contribution in [1.29, 1.82) is 0 Å². The minimum absolute atomic E-state index is 0. The average molecular weight is 147 g/mol. The summed E-state index contributed by atoms with van der Waals surface area (Å²) < 4.78 is 0. The fourth-order valence-corrected chi connectivity index (χ4v) is 0. The second-order valence-electron chi connectivity index (χ2n) is 0.724. The van der Waals surface area contributed by atoms with E-state index in [4.69, 9.17) is 5.11 Å². The van der Waals surface area contributed by atoms with Crippen molar-refractivity contribution in [3.8, 4) is 0 Å². The molecular weight excluding hydrogens is 138 g/mol. The minimum Gasteiger partial charge on any atom is -1.00 e. The van der Waals surface area contributed by atoms with Crippen LogP contribution in [0, 0.1) is 0 Å². The van der Waals surface area contributed by atoms with Gasteiger partial charge in [-0.1, -0.05) is 6.92 Å². The molecule has 0 fully saturated rings. The molecule has 0 aromatic heterocycles. The molecule has 5 heavy (non-hydrogen) atoms. The summed E-state index contributed by atoms with van der Waals surface area (Å²) in [5.41, 5.74) is 0. The SMILES string of the molecule is CCCO.[H-].[Rb+]. The van der Waals surface area contributed by atoms with Crippen LogP contribution in [0.3, 0.4) is 0 Å². The molecule has 0 atom stereocenters. The van der Waals surface area contributed by atoms with Gasteiger partial charge in [-0.25, -0.2) is 0 Å². The molecule has 0 saturated carbocycles. The van der Waals surface area contributed by atoms with E-state index in [9.17, 15) is 0 Å². The summed E-state index contributed by atoms with van der Waals surface area (Å²) in [5, 5.41) is 7.88. The fraction of sp³-hybridized carbons (Fsp3) is 1.00. The van der Waals surface area contributed by atoms with Gasteiger partial charge >= 0.3 is 58.2 Å². The van der Waals surface area contributed by atoms with Gasteiger partial charge in [0, 0.05) is 6.61 Å². The molecule has 0 aliphatic carbocycles. The maximum Gasteiger partial charge on any atom is 1.00 e. The first-order valence-electron chi connectivity index (χ1n) is 1.52. The minimum atomic E-state index is 0. The van der Waals surface area contributed by atoms with Crippen molar-refractivity contribution in [3.63, 3.8) is 0 Å². The van der Waals surface area contributed by atoms with Crippen molar-refractivity contribution in [2.45, 2.75) is 13.3 Å². The molecule has 0 unspecified atom stereocenters. The van der Waals surface area contributed by atoms with Crippen molar-refractivity contribution >= 4 is 0 Å². The maximum absolute atomic E-state index is 7.88. The van der Waals surface area contributed by atoms with Crippen molar-refractivity contribution in [2.75, 3.05) is 6.61 Å². The van der Waals surface area contributed by atoms with Gasteiger partial charge in [0.05, 0.1) is 0 Å². The van der Waals surface area contributed by atoms with Crippen LogP contribution in [-0.2, 0) is 0 Å². The third-order valence-corrected chi connectivity index (χ3v) is 0.224. The predicted octanol–water partition coefficient (Wildman–Crippen LogP) is -2.49. The van der Waals surface area contributed by atoms with E-state index >= 15 is 0 Å². The summed E-state index contributed by atoms with van der Waals surface area (Å²) in [6, 6.07) is 0. The molecule has 1 nitrogen and oxygen atoms in total. The Balaban J connectivity index is -0.0000000450. The van der Waals surface area contributed by atoms with Crippen LogP contribution in [-0.4, -0.2) is 11.7 Å². The first-order chi connectivity index (χ1) is 1.91. The number of rotatable bonds is 1. The predicted molar refractivity (Wildman–Crippen MR) is 18.5 cm³/mol. The van der Waals surface area contributed by atoms with Crippen LogP contribution in [0.2, 0.25) is 0 Å². The van der Waals surface area contributed by atoms with Gasteiger partial charge in [0.25, 0.3) is 0 Å². The summed E-state index contributed by atoms with van der Waals surface area (Å²) >= 11 is 0. The second kappa shape index (κ2) is 9.23. The van der Waals surface area contributed by atoms with E-state index in [1.54, 1.807) is 0 Å². The smallest absolute Gasteiger partial charge is 1.00 e. The molecule has 0 rings (SSSR count). The summed E-state index contributed by atoms with van der Waals surface area (Å²) in [7, 11) is 0. The monoisotopic (exact) mass is 146 g/mol. The molecule has 2 heteroatoms. The van der Waals surface area contributed by atoms with Crippen molar-refractivity contribution in [2.24, 2.45) is 0 Å². The molecule has 0 heterocycles. The standard InChI is InChI=1S/C3H8O.Rb.H/c1-2-3-4;;/h4H,2-3H2,1H3;;/q;+1;-1. The van der Waals surface area contributed by atoms with Gasteiger partial charge in [0.15, 0.2) is 0 Å². The van der Waals surface area contributed by atoms with E-state index in [0.29, 0.717) is 6.61 Å². The third-order valence-electron chi connectivity index (χ3n) is 0.224. The first kappa shape index (κ1) is 9.90. The fourth-order valence-electron chi connectivity index (χ4n) is 0. The van der Waals surface area contributed by atoms with Gasteiger partial charge in [-0.3, -0.25) is 0 Å². The molecule has 0 radical (unpaired) electrons. The molecule has 0 aromatic carbocycles. The van der Waals surface area contributed by atoms with Crippen LogP contribution in [0.5, 0.6) is 0 Å². The van der Waals surface area contributed by atoms with Crippen molar-refractivity contribution in [3.05, 3.63) is 0 Å². The zero-order chi connectivity index (χ0) is 3.41. The number of hydrogen-bond donors (Lipinski definition) is 1. The largest absolute Gasteiger partial charge is 1.00 e. The molecule has 0 saturated heterocycles. The van der Waals surface area contributed by atoms with E-state index in [2.05, 4.69) is 0 Å². The van der Waals surface area contributed by atoms with Crippen LogP contribution >= 0.6 is 0 Å². The van der Waals surface area contributed by atoms with Crippen LogP contribution in [0.15, 0.2) is 0 Å². The number of hydrogen-bond acceptors (Lipinski definition) is 1. The summed E-state index contributed by atoms with van der Waals surface area (Å²) in [5.74, 6) is 0. The van der Waals surface area contributed by atoms with Crippen LogP contribution in [0.25, 0.3) is 0 Å². The van der Waals surface area contributed by atoms with E-state index < -0.39 is 0 Å². The molecule has 0 aliphatic rings. The zero-order valence-corrected chi connectivity index (χ0v) is 8.78. The van der Waals surface area contributed by atoms with Crippen LogP contribution in [0.4, 0.5) is 0 Å².